The molecule has 0 bridgehead atoms. The van der Waals surface area contributed by atoms with E-state index in [1.54, 1.807) is 14.2 Å². The summed E-state index contributed by atoms with van der Waals surface area (Å²) >= 11 is 3.40. The first-order chi connectivity index (χ1) is 7.22. The molecular weight excluding hydrogens is 258 g/mol. The van der Waals surface area contributed by atoms with Crippen molar-refractivity contribution in [2.45, 2.75) is 0 Å². The maximum atomic E-state index is 5.40. The molecule has 3 nitrogen and oxygen atoms in total. The average molecular weight is 272 g/mol. The topological polar surface area (TPSA) is 44.5 Å². The van der Waals surface area contributed by atoms with Crippen molar-refractivity contribution < 1.29 is 9.47 Å². The first kappa shape index (κ1) is 12.1. The second-order valence-corrected chi connectivity index (χ2v) is 3.72. The summed E-state index contributed by atoms with van der Waals surface area (Å²) in [4.78, 5) is 0. The highest BCUT2D eigenvalue weighted by molar-refractivity contribution is 9.10. The first-order valence-corrected chi connectivity index (χ1v) is 5.30. The second kappa shape index (κ2) is 5.78. The number of halogens is 1. The van der Waals surface area contributed by atoms with Crippen LogP contribution in [-0.2, 0) is 0 Å². The van der Waals surface area contributed by atoms with E-state index in [2.05, 4.69) is 15.9 Å². The van der Waals surface area contributed by atoms with Gasteiger partial charge in [0.05, 0.1) is 18.7 Å². The molecule has 0 fully saturated rings. The Kier molecular flexibility index (Phi) is 4.65. The number of hydrogen-bond acceptors (Lipinski definition) is 3. The third-order valence-corrected chi connectivity index (χ3v) is 2.56. The molecule has 0 aromatic heterocycles. The largest absolute Gasteiger partial charge is 0.496 e. The molecule has 15 heavy (non-hydrogen) atoms. The van der Waals surface area contributed by atoms with Crippen LogP contribution in [0.2, 0.25) is 0 Å². The van der Waals surface area contributed by atoms with Gasteiger partial charge in [-0.1, -0.05) is 12.2 Å². The standard InChI is InChI=1S/C11H14BrNO2/c1-14-10-7-9(12)11(15-2)6-8(10)4-3-5-13/h3-4,6-7H,5,13H2,1-2H3. The average Bonchev–Trinajstić information content (AvgIpc) is 2.26. The highest BCUT2D eigenvalue weighted by atomic mass is 79.9. The summed E-state index contributed by atoms with van der Waals surface area (Å²) in [5.41, 5.74) is 6.35. The fraction of sp³-hybridized carbons (Fsp3) is 0.273. The van der Waals surface area contributed by atoms with Crippen molar-refractivity contribution in [1.82, 2.24) is 0 Å². The number of methoxy groups -OCH3 is 2. The molecule has 1 aromatic carbocycles. The highest BCUT2D eigenvalue weighted by Gasteiger charge is 2.06. The normalized spacial score (nSPS) is 10.7. The summed E-state index contributed by atoms with van der Waals surface area (Å²) in [6.07, 6.45) is 3.78. The molecular formula is C11H14BrNO2. The molecule has 0 unspecified atom stereocenters. The van der Waals surface area contributed by atoms with Crippen molar-refractivity contribution >= 4 is 22.0 Å². The zero-order chi connectivity index (χ0) is 11.3. The van der Waals surface area contributed by atoms with Crippen LogP contribution in [0.25, 0.3) is 6.08 Å². The van der Waals surface area contributed by atoms with Crippen LogP contribution >= 0.6 is 15.9 Å². The summed E-state index contributed by atoms with van der Waals surface area (Å²) in [5.74, 6) is 1.56. The van der Waals surface area contributed by atoms with Crippen LogP contribution in [0.1, 0.15) is 5.56 Å². The van der Waals surface area contributed by atoms with E-state index in [0.29, 0.717) is 6.54 Å². The van der Waals surface area contributed by atoms with Gasteiger partial charge < -0.3 is 15.2 Å². The third kappa shape index (κ3) is 2.97. The highest BCUT2D eigenvalue weighted by Crippen LogP contribution is 2.33. The van der Waals surface area contributed by atoms with Gasteiger partial charge in [0.15, 0.2) is 0 Å². The maximum absolute atomic E-state index is 5.40. The molecule has 0 aliphatic rings. The van der Waals surface area contributed by atoms with E-state index in [-0.39, 0.29) is 0 Å². The number of rotatable bonds is 4. The fourth-order valence-corrected chi connectivity index (χ4v) is 1.69. The Labute approximate surface area is 98.0 Å². The molecule has 4 heteroatoms. The summed E-state index contributed by atoms with van der Waals surface area (Å²) in [6, 6.07) is 3.77. The van der Waals surface area contributed by atoms with E-state index in [1.165, 1.54) is 0 Å². The molecule has 0 aliphatic heterocycles. The Morgan fingerprint density at radius 1 is 1.27 bits per heavy atom. The molecule has 0 spiro atoms. The van der Waals surface area contributed by atoms with Crippen LogP contribution in [0.3, 0.4) is 0 Å². The van der Waals surface area contributed by atoms with E-state index < -0.39 is 0 Å². The minimum absolute atomic E-state index is 0.502. The van der Waals surface area contributed by atoms with Gasteiger partial charge in [0, 0.05) is 12.1 Å². The van der Waals surface area contributed by atoms with Gasteiger partial charge in [-0.3, -0.25) is 0 Å². The Balaban J connectivity index is 3.16. The molecule has 0 atom stereocenters. The minimum atomic E-state index is 0.502. The number of ether oxygens (including phenoxy) is 2. The third-order valence-electron chi connectivity index (χ3n) is 1.94. The molecule has 0 amide bonds. The summed E-state index contributed by atoms with van der Waals surface area (Å²) in [7, 11) is 3.26. The molecule has 0 radical (unpaired) electrons. The van der Waals surface area contributed by atoms with Crippen LogP contribution in [0.15, 0.2) is 22.7 Å². The van der Waals surface area contributed by atoms with E-state index in [0.717, 1.165) is 21.5 Å². The Hall–Kier alpha value is -1.00. The lowest BCUT2D eigenvalue weighted by molar-refractivity contribution is 0.400. The van der Waals surface area contributed by atoms with E-state index in [4.69, 9.17) is 15.2 Å². The zero-order valence-corrected chi connectivity index (χ0v) is 10.4. The lowest BCUT2D eigenvalue weighted by Gasteiger charge is -2.09. The predicted molar refractivity (Wildman–Crippen MR) is 65.3 cm³/mol. The van der Waals surface area contributed by atoms with E-state index in [1.807, 2.05) is 24.3 Å². The van der Waals surface area contributed by atoms with Crippen molar-refractivity contribution in [1.29, 1.82) is 0 Å². The van der Waals surface area contributed by atoms with Gasteiger partial charge in [-0.2, -0.15) is 0 Å². The molecule has 1 rings (SSSR count). The lowest BCUT2D eigenvalue weighted by Crippen LogP contribution is -1.94. The van der Waals surface area contributed by atoms with Crippen molar-refractivity contribution in [2.24, 2.45) is 5.73 Å². The fourth-order valence-electron chi connectivity index (χ4n) is 1.21. The SMILES string of the molecule is COc1cc(C=CCN)c(OC)cc1Br. The zero-order valence-electron chi connectivity index (χ0n) is 8.79. The van der Waals surface area contributed by atoms with E-state index >= 15 is 0 Å². The van der Waals surface area contributed by atoms with Gasteiger partial charge >= 0.3 is 0 Å². The smallest absolute Gasteiger partial charge is 0.133 e. The van der Waals surface area contributed by atoms with Crippen LogP contribution in [-0.4, -0.2) is 20.8 Å². The number of benzene rings is 1. The number of hydrogen-bond donors (Lipinski definition) is 1. The molecule has 0 aliphatic carbocycles. The van der Waals surface area contributed by atoms with Crippen LogP contribution < -0.4 is 15.2 Å². The first-order valence-electron chi connectivity index (χ1n) is 4.51. The lowest BCUT2D eigenvalue weighted by atomic mass is 10.1. The van der Waals surface area contributed by atoms with Crippen LogP contribution in [0.4, 0.5) is 0 Å². The van der Waals surface area contributed by atoms with Gasteiger partial charge in [0.1, 0.15) is 11.5 Å². The molecule has 1 aromatic rings. The quantitative estimate of drug-likeness (QED) is 0.915. The van der Waals surface area contributed by atoms with Gasteiger partial charge in [0.2, 0.25) is 0 Å². The van der Waals surface area contributed by atoms with Crippen molar-refractivity contribution in [3.05, 3.63) is 28.2 Å². The molecule has 0 heterocycles. The molecule has 82 valence electrons. The summed E-state index contributed by atoms with van der Waals surface area (Å²) < 4.78 is 11.3. The van der Waals surface area contributed by atoms with Crippen molar-refractivity contribution in [2.75, 3.05) is 20.8 Å². The van der Waals surface area contributed by atoms with Crippen molar-refractivity contribution in [3.8, 4) is 11.5 Å². The predicted octanol–water partition coefficient (Wildman–Crippen LogP) is 2.44. The van der Waals surface area contributed by atoms with Crippen LogP contribution in [0.5, 0.6) is 11.5 Å². The maximum Gasteiger partial charge on any atom is 0.133 e. The summed E-state index contributed by atoms with van der Waals surface area (Å²) in [6.45, 7) is 0.502. The monoisotopic (exact) mass is 271 g/mol. The van der Waals surface area contributed by atoms with Gasteiger partial charge in [-0.15, -0.1) is 0 Å². The Bertz CT molecular complexity index is 364. The van der Waals surface area contributed by atoms with Gasteiger partial charge in [-0.25, -0.2) is 0 Å². The van der Waals surface area contributed by atoms with Gasteiger partial charge in [-0.05, 0) is 28.1 Å². The Morgan fingerprint density at radius 2 is 1.93 bits per heavy atom. The minimum Gasteiger partial charge on any atom is -0.496 e. The van der Waals surface area contributed by atoms with Crippen LogP contribution in [0, 0.1) is 0 Å². The molecule has 0 saturated carbocycles. The van der Waals surface area contributed by atoms with E-state index in [9.17, 15) is 0 Å². The Morgan fingerprint density at radius 3 is 2.47 bits per heavy atom. The second-order valence-electron chi connectivity index (χ2n) is 2.87. The van der Waals surface area contributed by atoms with Gasteiger partial charge in [0.25, 0.3) is 0 Å². The molecule has 2 N–H and O–H groups in total. The number of nitrogens with two attached hydrogens (primary N) is 1. The van der Waals surface area contributed by atoms with Crippen molar-refractivity contribution in [3.63, 3.8) is 0 Å². The summed E-state index contributed by atoms with van der Waals surface area (Å²) in [5, 5.41) is 0. The molecule has 0 saturated heterocycles.